The highest BCUT2D eigenvalue weighted by Crippen LogP contribution is 2.34. The van der Waals surface area contributed by atoms with E-state index in [2.05, 4.69) is 4.90 Å². The molecule has 0 N–H and O–H groups in total. The molecule has 30 heavy (non-hydrogen) atoms. The van der Waals surface area contributed by atoms with Crippen LogP contribution in [0.2, 0.25) is 0 Å². The van der Waals surface area contributed by atoms with Crippen LogP contribution >= 0.6 is 0 Å². The van der Waals surface area contributed by atoms with Crippen LogP contribution in [0.15, 0.2) is 53.6 Å². The summed E-state index contributed by atoms with van der Waals surface area (Å²) < 4.78 is 10.8. The van der Waals surface area contributed by atoms with Crippen molar-refractivity contribution in [1.29, 1.82) is 0 Å². The number of carbonyl (C=O) groups is 1. The standard InChI is InChI=1S/C24H29N3O3/c1-3-30-21-12-8-19(9-13-21)23-16-22(18-6-10-20(29-2)11-7-18)25-27(23)24(28)17-26-14-4-5-15-26/h6-13,23H,3-5,14-17H2,1-2H3. The Morgan fingerprint density at radius 3 is 2.33 bits per heavy atom. The van der Waals surface area contributed by atoms with Crippen molar-refractivity contribution in [3.05, 3.63) is 59.7 Å². The monoisotopic (exact) mass is 407 g/mol. The second-order valence-electron chi connectivity index (χ2n) is 7.72. The maximum Gasteiger partial charge on any atom is 0.257 e. The van der Waals surface area contributed by atoms with Gasteiger partial charge in [0.15, 0.2) is 0 Å². The number of nitrogens with zero attached hydrogens (tertiary/aromatic N) is 3. The van der Waals surface area contributed by atoms with Crippen molar-refractivity contribution >= 4 is 11.6 Å². The van der Waals surface area contributed by atoms with Gasteiger partial charge in [0.1, 0.15) is 11.5 Å². The Bertz CT molecular complexity index is 887. The molecule has 4 rings (SSSR count). The Balaban J connectivity index is 1.58. The number of rotatable bonds is 7. The lowest BCUT2D eigenvalue weighted by atomic mass is 9.98. The number of methoxy groups -OCH3 is 1. The van der Waals surface area contributed by atoms with E-state index in [9.17, 15) is 4.79 Å². The van der Waals surface area contributed by atoms with Gasteiger partial charge in [0.05, 0.1) is 32.0 Å². The fraction of sp³-hybridized carbons (Fsp3) is 0.417. The first-order valence-corrected chi connectivity index (χ1v) is 10.7. The second-order valence-corrected chi connectivity index (χ2v) is 7.72. The predicted molar refractivity (Wildman–Crippen MR) is 117 cm³/mol. The fourth-order valence-corrected chi connectivity index (χ4v) is 4.12. The minimum absolute atomic E-state index is 0.0549. The molecule has 1 unspecified atom stereocenters. The Morgan fingerprint density at radius 2 is 1.70 bits per heavy atom. The van der Waals surface area contributed by atoms with Crippen LogP contribution in [0, 0.1) is 0 Å². The first kappa shape index (κ1) is 20.4. The first-order chi connectivity index (χ1) is 14.7. The summed E-state index contributed by atoms with van der Waals surface area (Å²) in [6, 6.07) is 15.8. The van der Waals surface area contributed by atoms with Crippen LogP contribution < -0.4 is 9.47 Å². The maximum absolute atomic E-state index is 13.2. The van der Waals surface area contributed by atoms with Crippen LogP contribution in [-0.2, 0) is 4.79 Å². The molecule has 2 heterocycles. The number of benzene rings is 2. The van der Waals surface area contributed by atoms with E-state index >= 15 is 0 Å². The maximum atomic E-state index is 13.2. The summed E-state index contributed by atoms with van der Waals surface area (Å²) in [6.45, 7) is 5.00. The van der Waals surface area contributed by atoms with Crippen molar-refractivity contribution < 1.29 is 14.3 Å². The molecule has 0 spiro atoms. The highest BCUT2D eigenvalue weighted by Gasteiger charge is 2.34. The van der Waals surface area contributed by atoms with E-state index in [0.717, 1.165) is 54.3 Å². The van der Waals surface area contributed by atoms with Gasteiger partial charge in [-0.1, -0.05) is 12.1 Å². The molecule has 0 radical (unpaired) electrons. The first-order valence-electron chi connectivity index (χ1n) is 10.7. The number of hydrogen-bond acceptors (Lipinski definition) is 5. The van der Waals surface area contributed by atoms with E-state index < -0.39 is 0 Å². The van der Waals surface area contributed by atoms with Gasteiger partial charge in [-0.2, -0.15) is 5.10 Å². The minimum Gasteiger partial charge on any atom is -0.497 e. The van der Waals surface area contributed by atoms with Crippen molar-refractivity contribution in [2.45, 2.75) is 32.2 Å². The molecule has 2 aromatic rings. The lowest BCUT2D eigenvalue weighted by molar-refractivity contribution is -0.134. The Hall–Kier alpha value is -2.86. The molecule has 1 fully saturated rings. The fourth-order valence-electron chi connectivity index (χ4n) is 4.12. The third-order valence-electron chi connectivity index (χ3n) is 5.72. The Labute approximate surface area is 178 Å². The molecule has 0 aromatic heterocycles. The summed E-state index contributed by atoms with van der Waals surface area (Å²) in [6.07, 6.45) is 3.01. The summed E-state index contributed by atoms with van der Waals surface area (Å²) in [5.41, 5.74) is 3.01. The normalized spacial score (nSPS) is 19.1. The van der Waals surface area contributed by atoms with Crippen molar-refractivity contribution in [2.24, 2.45) is 5.10 Å². The van der Waals surface area contributed by atoms with Crippen molar-refractivity contribution in [1.82, 2.24) is 9.91 Å². The van der Waals surface area contributed by atoms with Gasteiger partial charge >= 0.3 is 0 Å². The van der Waals surface area contributed by atoms with E-state index in [4.69, 9.17) is 14.6 Å². The molecule has 2 aliphatic heterocycles. The lowest BCUT2D eigenvalue weighted by Gasteiger charge is -2.24. The SMILES string of the molecule is CCOc1ccc(C2CC(c3ccc(OC)cc3)=NN2C(=O)CN2CCCC2)cc1. The Kier molecular flexibility index (Phi) is 6.33. The summed E-state index contributed by atoms with van der Waals surface area (Å²) in [5, 5.41) is 6.46. The number of ether oxygens (including phenoxy) is 2. The largest absolute Gasteiger partial charge is 0.497 e. The van der Waals surface area contributed by atoms with E-state index in [1.54, 1.807) is 12.1 Å². The van der Waals surface area contributed by atoms with Crippen LogP contribution in [0.5, 0.6) is 11.5 Å². The van der Waals surface area contributed by atoms with Crippen molar-refractivity contribution in [3.63, 3.8) is 0 Å². The van der Waals surface area contributed by atoms with Gasteiger partial charge in [-0.05, 0) is 80.4 Å². The number of hydrazone groups is 1. The number of hydrogen-bond donors (Lipinski definition) is 0. The molecule has 1 saturated heterocycles. The quantitative estimate of drug-likeness (QED) is 0.699. The van der Waals surface area contributed by atoms with E-state index in [0.29, 0.717) is 19.6 Å². The molecule has 6 nitrogen and oxygen atoms in total. The molecule has 1 amide bonds. The van der Waals surface area contributed by atoms with Crippen LogP contribution in [0.3, 0.4) is 0 Å². The van der Waals surface area contributed by atoms with Gasteiger partial charge in [-0.15, -0.1) is 0 Å². The van der Waals surface area contributed by atoms with Gasteiger partial charge < -0.3 is 9.47 Å². The number of amides is 1. The van der Waals surface area contributed by atoms with Crippen LogP contribution in [0.4, 0.5) is 0 Å². The second kappa shape index (κ2) is 9.30. The van der Waals surface area contributed by atoms with Crippen LogP contribution in [-0.4, -0.2) is 54.9 Å². The number of carbonyl (C=O) groups excluding carboxylic acids is 1. The zero-order valence-corrected chi connectivity index (χ0v) is 17.7. The number of likely N-dealkylation sites (tertiary alicyclic amines) is 1. The minimum atomic E-state index is -0.104. The molecule has 158 valence electrons. The predicted octanol–water partition coefficient (Wildman–Crippen LogP) is 3.87. The molecular formula is C24H29N3O3. The van der Waals surface area contributed by atoms with Gasteiger partial charge in [-0.3, -0.25) is 9.69 Å². The summed E-state index contributed by atoms with van der Waals surface area (Å²) in [7, 11) is 1.66. The van der Waals surface area contributed by atoms with Crippen LogP contribution in [0.25, 0.3) is 0 Å². The summed E-state index contributed by atoms with van der Waals surface area (Å²) >= 11 is 0. The van der Waals surface area contributed by atoms with E-state index in [1.807, 2.05) is 55.5 Å². The molecule has 1 atom stereocenters. The Morgan fingerprint density at radius 1 is 1.03 bits per heavy atom. The zero-order chi connectivity index (χ0) is 20.9. The molecule has 0 saturated carbocycles. The summed E-state index contributed by atoms with van der Waals surface area (Å²) in [4.78, 5) is 15.4. The van der Waals surface area contributed by atoms with E-state index in [-0.39, 0.29) is 11.9 Å². The van der Waals surface area contributed by atoms with Gasteiger partial charge in [0, 0.05) is 6.42 Å². The molecule has 6 heteroatoms. The summed E-state index contributed by atoms with van der Waals surface area (Å²) in [5.74, 6) is 1.70. The van der Waals surface area contributed by atoms with Gasteiger partial charge in [0.25, 0.3) is 5.91 Å². The molecule has 0 bridgehead atoms. The third-order valence-corrected chi connectivity index (χ3v) is 5.72. The highest BCUT2D eigenvalue weighted by molar-refractivity contribution is 6.03. The molecule has 2 aliphatic rings. The third kappa shape index (κ3) is 4.49. The topological polar surface area (TPSA) is 54.4 Å². The highest BCUT2D eigenvalue weighted by atomic mass is 16.5. The smallest absolute Gasteiger partial charge is 0.257 e. The average Bonchev–Trinajstić information content (AvgIpc) is 3.45. The van der Waals surface area contributed by atoms with Gasteiger partial charge in [0.2, 0.25) is 0 Å². The zero-order valence-electron chi connectivity index (χ0n) is 17.7. The van der Waals surface area contributed by atoms with Crippen LogP contribution in [0.1, 0.15) is 43.4 Å². The van der Waals surface area contributed by atoms with E-state index in [1.165, 1.54) is 0 Å². The lowest BCUT2D eigenvalue weighted by Crippen LogP contribution is -2.36. The molecular weight excluding hydrogens is 378 g/mol. The molecule has 2 aromatic carbocycles. The average molecular weight is 408 g/mol. The van der Waals surface area contributed by atoms with Crippen molar-refractivity contribution in [3.8, 4) is 11.5 Å². The molecule has 0 aliphatic carbocycles. The van der Waals surface area contributed by atoms with Crippen molar-refractivity contribution in [2.75, 3.05) is 33.4 Å². The van der Waals surface area contributed by atoms with Gasteiger partial charge in [-0.25, -0.2) is 5.01 Å².